The van der Waals surface area contributed by atoms with Gasteiger partial charge < -0.3 is 14.8 Å². The number of ether oxygens (including phenoxy) is 1. The van der Waals surface area contributed by atoms with Crippen molar-refractivity contribution in [3.05, 3.63) is 65.1 Å². The third kappa shape index (κ3) is 4.88. The van der Waals surface area contributed by atoms with Gasteiger partial charge in [-0.2, -0.15) is 0 Å². The molecule has 0 bridgehead atoms. The summed E-state index contributed by atoms with van der Waals surface area (Å²) < 4.78 is 43.0. The highest BCUT2D eigenvalue weighted by atomic mass is 32.2. The molecule has 0 atom stereocenters. The molecule has 0 fully saturated rings. The number of benzene rings is 2. The molecule has 1 heterocycles. The van der Waals surface area contributed by atoms with Crippen LogP contribution in [-0.2, 0) is 25.1 Å². The van der Waals surface area contributed by atoms with Crippen molar-refractivity contribution < 1.29 is 32.2 Å². The number of esters is 1. The van der Waals surface area contributed by atoms with E-state index in [2.05, 4.69) is 4.98 Å². The largest absolute Gasteiger partial charge is 0.478 e. The standard InChI is InChI=1S/C23H22FNO6S/c1-4-31-23(28)22-20(14-8-9-15(18(24)11-14)12-32(3,29)30)17-7-5-6-16(21(17)25-22)13(2)10-19(26)27/h5-11,25H,4,12H2,1-3H3,(H,26,27)/b13-10+. The normalized spacial score (nSPS) is 12.2. The number of aliphatic carboxylic acids is 1. The van der Waals surface area contributed by atoms with Gasteiger partial charge in [0, 0.05) is 34.4 Å². The maximum atomic E-state index is 14.7. The van der Waals surface area contributed by atoms with E-state index in [4.69, 9.17) is 9.84 Å². The van der Waals surface area contributed by atoms with Crippen molar-refractivity contribution in [2.45, 2.75) is 19.6 Å². The summed E-state index contributed by atoms with van der Waals surface area (Å²) in [6.07, 6.45) is 2.08. The van der Waals surface area contributed by atoms with Crippen LogP contribution in [0.5, 0.6) is 0 Å². The number of sulfone groups is 1. The van der Waals surface area contributed by atoms with E-state index in [1.807, 2.05) is 0 Å². The van der Waals surface area contributed by atoms with Crippen LogP contribution in [-0.4, -0.2) is 43.3 Å². The molecule has 3 aromatic rings. The lowest BCUT2D eigenvalue weighted by Crippen LogP contribution is -2.07. The van der Waals surface area contributed by atoms with Crippen LogP contribution in [0.3, 0.4) is 0 Å². The molecule has 0 aliphatic rings. The highest BCUT2D eigenvalue weighted by molar-refractivity contribution is 7.89. The molecule has 9 heteroatoms. The number of aromatic amines is 1. The number of carboxylic acids is 1. The molecule has 7 nitrogen and oxygen atoms in total. The molecule has 0 amide bonds. The molecule has 0 radical (unpaired) electrons. The number of H-pyrrole nitrogens is 1. The Morgan fingerprint density at radius 3 is 2.53 bits per heavy atom. The van der Waals surface area contributed by atoms with Gasteiger partial charge in [-0.25, -0.2) is 22.4 Å². The Kier molecular flexibility index (Phi) is 6.50. The highest BCUT2D eigenvalue weighted by Gasteiger charge is 2.23. The van der Waals surface area contributed by atoms with Crippen molar-refractivity contribution in [3.63, 3.8) is 0 Å². The second kappa shape index (κ2) is 8.96. The number of hydrogen-bond donors (Lipinski definition) is 2. The Balaban J connectivity index is 2.28. The van der Waals surface area contributed by atoms with Gasteiger partial charge in [-0.15, -0.1) is 0 Å². The second-order valence-corrected chi connectivity index (χ2v) is 9.51. The van der Waals surface area contributed by atoms with Crippen molar-refractivity contribution in [3.8, 4) is 11.1 Å². The first-order chi connectivity index (χ1) is 15.0. The van der Waals surface area contributed by atoms with E-state index < -0.39 is 33.3 Å². The zero-order valence-electron chi connectivity index (χ0n) is 17.7. The number of rotatable bonds is 7. The number of carboxylic acid groups (broad SMARTS) is 1. The van der Waals surface area contributed by atoms with Crippen LogP contribution in [0.4, 0.5) is 4.39 Å². The van der Waals surface area contributed by atoms with E-state index in [-0.39, 0.29) is 17.9 Å². The maximum Gasteiger partial charge on any atom is 0.355 e. The highest BCUT2D eigenvalue weighted by Crippen LogP contribution is 2.37. The molecule has 1 aromatic heterocycles. The molecule has 0 saturated carbocycles. The zero-order valence-corrected chi connectivity index (χ0v) is 18.5. The maximum absolute atomic E-state index is 14.7. The van der Waals surface area contributed by atoms with Crippen molar-refractivity contribution in [1.82, 2.24) is 4.98 Å². The summed E-state index contributed by atoms with van der Waals surface area (Å²) in [6.45, 7) is 3.41. The predicted octanol–water partition coefficient (Wildman–Crippen LogP) is 4.18. The molecule has 0 saturated heterocycles. The predicted molar refractivity (Wildman–Crippen MR) is 119 cm³/mol. The molecule has 168 valence electrons. The third-order valence-electron chi connectivity index (χ3n) is 4.84. The van der Waals surface area contributed by atoms with Crippen LogP contribution in [0, 0.1) is 5.82 Å². The fourth-order valence-electron chi connectivity index (χ4n) is 3.57. The quantitative estimate of drug-likeness (QED) is 0.405. The van der Waals surface area contributed by atoms with Gasteiger partial charge in [0.25, 0.3) is 0 Å². The van der Waals surface area contributed by atoms with Gasteiger partial charge in [0.1, 0.15) is 11.5 Å². The Hall–Kier alpha value is -3.46. The lowest BCUT2D eigenvalue weighted by atomic mass is 9.97. The number of carbonyl (C=O) groups is 2. The summed E-state index contributed by atoms with van der Waals surface area (Å²) in [5, 5.41) is 9.67. The molecule has 32 heavy (non-hydrogen) atoms. The summed E-state index contributed by atoms with van der Waals surface area (Å²) in [5.74, 6) is -2.91. The Morgan fingerprint density at radius 1 is 1.22 bits per heavy atom. The third-order valence-corrected chi connectivity index (χ3v) is 5.67. The van der Waals surface area contributed by atoms with E-state index >= 15 is 0 Å². The molecular weight excluding hydrogens is 437 g/mol. The van der Waals surface area contributed by atoms with Crippen molar-refractivity contribution in [1.29, 1.82) is 0 Å². The molecule has 3 rings (SSSR count). The smallest absolute Gasteiger partial charge is 0.355 e. The van der Waals surface area contributed by atoms with Crippen LogP contribution < -0.4 is 0 Å². The van der Waals surface area contributed by atoms with E-state index in [0.717, 1.165) is 12.3 Å². The van der Waals surface area contributed by atoms with Crippen LogP contribution >= 0.6 is 0 Å². The summed E-state index contributed by atoms with van der Waals surface area (Å²) in [4.78, 5) is 26.8. The SMILES string of the molecule is CCOC(=O)c1[nH]c2c(/C(C)=C/C(=O)O)cccc2c1-c1ccc(CS(C)(=O)=O)c(F)c1. The number of allylic oxidation sites excluding steroid dienone is 1. The number of hydrogen-bond acceptors (Lipinski definition) is 5. The topological polar surface area (TPSA) is 114 Å². The minimum atomic E-state index is -3.43. The number of nitrogens with one attached hydrogen (secondary N) is 1. The summed E-state index contributed by atoms with van der Waals surface area (Å²) >= 11 is 0. The first-order valence-electron chi connectivity index (χ1n) is 9.71. The van der Waals surface area contributed by atoms with E-state index in [1.54, 1.807) is 38.1 Å². The van der Waals surface area contributed by atoms with E-state index in [0.29, 0.717) is 33.2 Å². The van der Waals surface area contributed by atoms with Gasteiger partial charge in [0.15, 0.2) is 9.84 Å². The van der Waals surface area contributed by atoms with Crippen LogP contribution in [0.1, 0.15) is 35.5 Å². The number of aromatic nitrogens is 1. The van der Waals surface area contributed by atoms with Gasteiger partial charge >= 0.3 is 11.9 Å². The van der Waals surface area contributed by atoms with Gasteiger partial charge in [0.05, 0.1) is 17.9 Å². The minimum Gasteiger partial charge on any atom is -0.478 e. The van der Waals surface area contributed by atoms with Gasteiger partial charge in [-0.3, -0.25) is 0 Å². The van der Waals surface area contributed by atoms with E-state index in [9.17, 15) is 22.4 Å². The molecule has 0 aliphatic carbocycles. The zero-order chi connectivity index (χ0) is 23.6. The first-order valence-corrected chi connectivity index (χ1v) is 11.8. The number of fused-ring (bicyclic) bond motifs is 1. The lowest BCUT2D eigenvalue weighted by molar-refractivity contribution is -0.131. The molecule has 2 aromatic carbocycles. The Labute approximate surface area is 184 Å². The number of halogens is 1. The first kappa shape index (κ1) is 23.2. The average molecular weight is 459 g/mol. The van der Waals surface area contributed by atoms with Crippen LogP contribution in [0.2, 0.25) is 0 Å². The summed E-state index contributed by atoms with van der Waals surface area (Å²) in [6, 6.07) is 9.24. The molecular formula is C23H22FNO6S. The molecule has 2 N–H and O–H groups in total. The van der Waals surface area contributed by atoms with E-state index in [1.165, 1.54) is 12.1 Å². The van der Waals surface area contributed by atoms with Crippen LogP contribution in [0.25, 0.3) is 27.6 Å². The minimum absolute atomic E-state index is 0.0229. The number of para-hydroxylation sites is 1. The molecule has 0 spiro atoms. The fourth-order valence-corrected chi connectivity index (χ4v) is 4.37. The van der Waals surface area contributed by atoms with Gasteiger partial charge in [-0.1, -0.05) is 30.3 Å². The molecule has 0 aliphatic heterocycles. The fraction of sp³-hybridized carbons (Fsp3) is 0.217. The van der Waals surface area contributed by atoms with Crippen molar-refractivity contribution in [2.75, 3.05) is 12.9 Å². The Bertz CT molecular complexity index is 1350. The second-order valence-electron chi connectivity index (χ2n) is 7.37. The number of carbonyl (C=O) groups excluding carboxylic acids is 1. The summed E-state index contributed by atoms with van der Waals surface area (Å²) in [5.41, 5.74) is 2.37. The van der Waals surface area contributed by atoms with Crippen LogP contribution in [0.15, 0.2) is 42.5 Å². The van der Waals surface area contributed by atoms with Gasteiger partial charge in [0.2, 0.25) is 0 Å². The average Bonchev–Trinajstić information content (AvgIpc) is 3.08. The Morgan fingerprint density at radius 2 is 1.94 bits per heavy atom. The summed E-state index contributed by atoms with van der Waals surface area (Å²) in [7, 11) is -3.43. The molecule has 0 unspecified atom stereocenters. The monoisotopic (exact) mass is 459 g/mol. The van der Waals surface area contributed by atoms with Crippen molar-refractivity contribution in [2.24, 2.45) is 0 Å². The van der Waals surface area contributed by atoms with Gasteiger partial charge in [-0.05, 0) is 31.1 Å². The van der Waals surface area contributed by atoms with Crippen molar-refractivity contribution >= 4 is 38.3 Å². The lowest BCUT2D eigenvalue weighted by Gasteiger charge is -2.08.